The minimum atomic E-state index is -0.955. The fourth-order valence-electron chi connectivity index (χ4n) is 0.774. The number of carbonyl (C=O) groups is 1. The molecule has 1 aromatic carbocycles. The van der Waals surface area contributed by atoms with Gasteiger partial charge in [-0.05, 0) is 12.1 Å². The van der Waals surface area contributed by atoms with Crippen LogP contribution in [0.1, 0.15) is 1.43 Å². The molecule has 0 aliphatic carbocycles. The van der Waals surface area contributed by atoms with E-state index < -0.39 is 12.0 Å². The smallest absolute Gasteiger partial charge is 1.00 e. The van der Waals surface area contributed by atoms with Crippen molar-refractivity contribution in [2.75, 3.05) is 5.75 Å². The average molecular weight is 221 g/mol. The number of rotatable bonds is 4. The summed E-state index contributed by atoms with van der Waals surface area (Å²) < 4.78 is 0. The number of carboxylic acids is 1. The molecule has 72 valence electrons. The van der Waals surface area contributed by atoms with E-state index in [4.69, 9.17) is 10.8 Å². The summed E-state index contributed by atoms with van der Waals surface area (Å²) in [6.45, 7) is 0. The summed E-state index contributed by atoms with van der Waals surface area (Å²) in [7, 11) is 0. The van der Waals surface area contributed by atoms with Gasteiger partial charge >= 0.3 is 35.5 Å². The monoisotopic (exact) mass is 221 g/mol. The second-order valence-corrected chi connectivity index (χ2v) is 3.66. The van der Waals surface area contributed by atoms with E-state index in [1.807, 2.05) is 30.3 Å². The van der Waals surface area contributed by atoms with Crippen LogP contribution in [-0.4, -0.2) is 22.9 Å². The fraction of sp³-hybridized carbons (Fsp3) is 0.222. The van der Waals surface area contributed by atoms with Crippen LogP contribution in [0.3, 0.4) is 0 Å². The van der Waals surface area contributed by atoms with Gasteiger partial charge in [0.2, 0.25) is 0 Å². The topological polar surface area (TPSA) is 63.3 Å². The first-order valence-corrected chi connectivity index (χ1v) is 4.85. The Labute approximate surface area is 111 Å². The zero-order valence-electron chi connectivity index (χ0n) is 9.01. The van der Waals surface area contributed by atoms with Crippen LogP contribution in [0.15, 0.2) is 35.2 Å². The van der Waals surface area contributed by atoms with Crippen LogP contribution in [0.25, 0.3) is 0 Å². The molecule has 1 atom stereocenters. The molecule has 0 unspecified atom stereocenters. The Balaban J connectivity index is 0. The predicted molar refractivity (Wildman–Crippen MR) is 53.9 cm³/mol. The summed E-state index contributed by atoms with van der Waals surface area (Å²) in [6, 6.07) is 8.81. The molecule has 0 fully saturated rings. The maximum Gasteiger partial charge on any atom is 1.00 e. The Morgan fingerprint density at radius 1 is 1.50 bits per heavy atom. The molecule has 0 spiro atoms. The number of carboxylic acid groups (broad SMARTS) is 1. The molecule has 14 heavy (non-hydrogen) atoms. The minimum absolute atomic E-state index is 0. The van der Waals surface area contributed by atoms with Crippen LogP contribution in [0.2, 0.25) is 0 Å². The number of thioether (sulfide) groups is 1. The molecule has 5 heteroatoms. The van der Waals surface area contributed by atoms with Crippen LogP contribution in [0.5, 0.6) is 0 Å². The molecule has 1 rings (SSSR count). The second kappa shape index (κ2) is 7.31. The molecule has 3 nitrogen and oxygen atoms in total. The van der Waals surface area contributed by atoms with Gasteiger partial charge in [-0.3, -0.25) is 4.79 Å². The molecular weight excluding hydrogens is 209 g/mol. The third-order valence-electron chi connectivity index (χ3n) is 1.49. The molecule has 1 aromatic rings. The fourth-order valence-corrected chi connectivity index (χ4v) is 1.64. The summed E-state index contributed by atoms with van der Waals surface area (Å²) in [5.41, 5.74) is 5.34. The first-order chi connectivity index (χ1) is 6.20. The van der Waals surface area contributed by atoms with Crippen LogP contribution in [-0.2, 0) is 4.79 Å². The molecule has 0 aliphatic rings. The van der Waals surface area contributed by atoms with E-state index in [0.29, 0.717) is 5.75 Å². The summed E-state index contributed by atoms with van der Waals surface area (Å²) in [5.74, 6) is -0.553. The number of aliphatic carboxylic acids is 1. The van der Waals surface area contributed by atoms with Gasteiger partial charge in [-0.2, -0.15) is 0 Å². The van der Waals surface area contributed by atoms with Crippen molar-refractivity contribution in [3.05, 3.63) is 30.3 Å². The summed E-state index contributed by atoms with van der Waals surface area (Å²) in [5, 5.41) is 8.52. The Bertz CT molecular complexity index is 287. The molecule has 3 N–H and O–H groups in total. The summed E-state index contributed by atoms with van der Waals surface area (Å²) in [4.78, 5) is 11.4. The maximum atomic E-state index is 10.4. The van der Waals surface area contributed by atoms with Crippen molar-refractivity contribution >= 4 is 17.7 Å². The SMILES string of the molecule is N[C@@H](CSc1ccccc1)C(=O)O.[H-].[Na+]. The standard InChI is InChI=1S/C9H11NO2S.Na.H/c10-8(9(11)12)6-13-7-4-2-1-3-5-7;;/h1-5,8H,6,10H2,(H,11,12);;/q;+1;-1/t8-;;/m0../s1. The first-order valence-electron chi connectivity index (χ1n) is 3.86. The van der Waals surface area contributed by atoms with Gasteiger partial charge in [-0.25, -0.2) is 0 Å². The Morgan fingerprint density at radius 3 is 2.57 bits per heavy atom. The molecule has 0 amide bonds. The molecule has 0 aliphatic heterocycles. The van der Waals surface area contributed by atoms with E-state index in [1.54, 1.807) is 0 Å². The molecular formula is C9H12NNaO2S. The average Bonchev–Trinajstić information content (AvgIpc) is 2.15. The molecule has 0 saturated heterocycles. The van der Waals surface area contributed by atoms with Crippen molar-refractivity contribution in [2.24, 2.45) is 5.73 Å². The third kappa shape index (κ3) is 5.02. The van der Waals surface area contributed by atoms with Gasteiger partial charge in [-0.15, -0.1) is 11.8 Å². The van der Waals surface area contributed by atoms with E-state index in [0.717, 1.165) is 4.90 Å². The molecule has 0 heterocycles. The van der Waals surface area contributed by atoms with Gasteiger partial charge < -0.3 is 12.3 Å². The first kappa shape index (κ1) is 14.0. The molecule has 0 bridgehead atoms. The Morgan fingerprint density at radius 2 is 2.07 bits per heavy atom. The van der Waals surface area contributed by atoms with Crippen LogP contribution < -0.4 is 35.3 Å². The number of benzene rings is 1. The van der Waals surface area contributed by atoms with Gasteiger partial charge in [-0.1, -0.05) is 18.2 Å². The van der Waals surface area contributed by atoms with Crippen LogP contribution >= 0.6 is 11.8 Å². The predicted octanol–water partition coefficient (Wildman–Crippen LogP) is -1.69. The normalized spacial score (nSPS) is 11.5. The minimum Gasteiger partial charge on any atom is -1.00 e. The van der Waals surface area contributed by atoms with Crippen molar-refractivity contribution in [3.63, 3.8) is 0 Å². The molecule has 0 radical (unpaired) electrons. The Kier molecular flexibility index (Phi) is 7.31. The number of nitrogens with two attached hydrogens (primary N) is 1. The van der Waals surface area contributed by atoms with Crippen molar-refractivity contribution in [1.82, 2.24) is 0 Å². The largest absolute Gasteiger partial charge is 1.00 e. The van der Waals surface area contributed by atoms with Crippen molar-refractivity contribution < 1.29 is 40.9 Å². The third-order valence-corrected chi connectivity index (χ3v) is 2.62. The van der Waals surface area contributed by atoms with Crippen molar-refractivity contribution in [2.45, 2.75) is 10.9 Å². The number of hydrogen-bond donors (Lipinski definition) is 2. The summed E-state index contributed by atoms with van der Waals surface area (Å²) in [6.07, 6.45) is 0. The van der Waals surface area contributed by atoms with Crippen LogP contribution in [0.4, 0.5) is 0 Å². The van der Waals surface area contributed by atoms with E-state index in [1.165, 1.54) is 11.8 Å². The molecule has 0 aromatic heterocycles. The zero-order chi connectivity index (χ0) is 9.68. The quantitative estimate of drug-likeness (QED) is 0.470. The summed E-state index contributed by atoms with van der Waals surface area (Å²) >= 11 is 1.45. The zero-order valence-corrected chi connectivity index (χ0v) is 10.8. The van der Waals surface area contributed by atoms with Crippen LogP contribution in [0, 0.1) is 0 Å². The van der Waals surface area contributed by atoms with E-state index >= 15 is 0 Å². The Hall–Kier alpha value is 0. The van der Waals surface area contributed by atoms with E-state index in [9.17, 15) is 4.79 Å². The van der Waals surface area contributed by atoms with Gasteiger partial charge in [0.1, 0.15) is 6.04 Å². The van der Waals surface area contributed by atoms with Crippen molar-refractivity contribution in [1.29, 1.82) is 0 Å². The van der Waals surface area contributed by atoms with Gasteiger partial charge in [0, 0.05) is 10.6 Å². The second-order valence-electron chi connectivity index (χ2n) is 2.57. The van der Waals surface area contributed by atoms with Gasteiger partial charge in [0.05, 0.1) is 0 Å². The van der Waals surface area contributed by atoms with Gasteiger partial charge in [0.15, 0.2) is 0 Å². The van der Waals surface area contributed by atoms with Gasteiger partial charge in [0.25, 0.3) is 0 Å². The number of hydrogen-bond acceptors (Lipinski definition) is 3. The van der Waals surface area contributed by atoms with Crippen molar-refractivity contribution in [3.8, 4) is 0 Å². The molecule has 0 saturated carbocycles. The maximum absolute atomic E-state index is 10.4. The van der Waals surface area contributed by atoms with E-state index in [-0.39, 0.29) is 31.0 Å². The van der Waals surface area contributed by atoms with E-state index in [2.05, 4.69) is 0 Å².